The van der Waals surface area contributed by atoms with Gasteiger partial charge in [0.15, 0.2) is 0 Å². The van der Waals surface area contributed by atoms with Crippen LogP contribution in [0, 0.1) is 0 Å². The highest BCUT2D eigenvalue weighted by atomic mass is 16.4. The molecule has 0 atom stereocenters. The van der Waals surface area contributed by atoms with E-state index in [-0.39, 0.29) is 5.92 Å². The predicted octanol–water partition coefficient (Wildman–Crippen LogP) is 2.16. The molecule has 15 heavy (non-hydrogen) atoms. The van der Waals surface area contributed by atoms with E-state index in [1.165, 1.54) is 0 Å². The molecule has 2 aromatic rings. The first-order valence-corrected chi connectivity index (χ1v) is 4.80. The number of aromatic nitrogens is 2. The van der Waals surface area contributed by atoms with E-state index in [1.807, 2.05) is 24.4 Å². The van der Waals surface area contributed by atoms with Gasteiger partial charge in [-0.05, 0) is 12.0 Å². The quantitative estimate of drug-likeness (QED) is 0.815. The van der Waals surface area contributed by atoms with Crippen LogP contribution in [-0.2, 0) is 0 Å². The van der Waals surface area contributed by atoms with Crippen LogP contribution < -0.4 is 0 Å². The molecule has 4 nitrogen and oxygen atoms in total. The standard InChI is InChI=1S/C11H12N2O2/c1-7(2)9-8(11(14)15)3-5-13-6-4-12-10(9)13/h3-7H,1-2H3,(H,14,15). The molecule has 78 valence electrons. The number of carboxylic acid groups (broad SMARTS) is 1. The first-order valence-electron chi connectivity index (χ1n) is 4.80. The van der Waals surface area contributed by atoms with Gasteiger partial charge in [0, 0.05) is 24.2 Å². The minimum Gasteiger partial charge on any atom is -0.478 e. The third kappa shape index (κ3) is 1.48. The van der Waals surface area contributed by atoms with Gasteiger partial charge in [-0.2, -0.15) is 0 Å². The molecule has 0 aliphatic heterocycles. The highest BCUT2D eigenvalue weighted by molar-refractivity contribution is 5.91. The van der Waals surface area contributed by atoms with Gasteiger partial charge in [-0.25, -0.2) is 9.78 Å². The fourth-order valence-electron chi connectivity index (χ4n) is 1.76. The van der Waals surface area contributed by atoms with Crippen molar-refractivity contribution in [1.29, 1.82) is 0 Å². The molecule has 0 radical (unpaired) electrons. The molecule has 0 unspecified atom stereocenters. The lowest BCUT2D eigenvalue weighted by Crippen LogP contribution is -2.06. The van der Waals surface area contributed by atoms with E-state index in [0.717, 1.165) is 11.2 Å². The van der Waals surface area contributed by atoms with Crippen LogP contribution >= 0.6 is 0 Å². The minimum absolute atomic E-state index is 0.141. The first kappa shape index (κ1) is 9.71. The van der Waals surface area contributed by atoms with E-state index in [9.17, 15) is 4.79 Å². The van der Waals surface area contributed by atoms with Crippen molar-refractivity contribution < 1.29 is 9.90 Å². The van der Waals surface area contributed by atoms with Crippen molar-refractivity contribution in [3.63, 3.8) is 0 Å². The van der Waals surface area contributed by atoms with Gasteiger partial charge < -0.3 is 9.51 Å². The number of rotatable bonds is 2. The minimum atomic E-state index is -0.899. The summed E-state index contributed by atoms with van der Waals surface area (Å²) in [5.41, 5.74) is 1.85. The number of hydrogen-bond donors (Lipinski definition) is 1. The Bertz CT molecular complexity index is 514. The van der Waals surface area contributed by atoms with Crippen LogP contribution in [0.25, 0.3) is 5.65 Å². The van der Waals surface area contributed by atoms with Crippen LogP contribution in [0.15, 0.2) is 24.7 Å². The average Bonchev–Trinajstić information content (AvgIpc) is 2.62. The summed E-state index contributed by atoms with van der Waals surface area (Å²) in [5.74, 6) is -0.758. The van der Waals surface area contributed by atoms with Gasteiger partial charge in [0.1, 0.15) is 5.65 Å². The average molecular weight is 204 g/mol. The van der Waals surface area contributed by atoms with Crippen LogP contribution in [0.1, 0.15) is 35.7 Å². The summed E-state index contributed by atoms with van der Waals surface area (Å²) in [7, 11) is 0. The van der Waals surface area contributed by atoms with E-state index in [1.54, 1.807) is 18.5 Å². The predicted molar refractivity (Wildman–Crippen MR) is 56.2 cm³/mol. The highest BCUT2D eigenvalue weighted by Crippen LogP contribution is 2.23. The number of hydrogen-bond acceptors (Lipinski definition) is 2. The molecule has 0 saturated carbocycles. The number of carboxylic acids is 1. The maximum Gasteiger partial charge on any atom is 0.336 e. The molecule has 1 N–H and O–H groups in total. The third-order valence-electron chi connectivity index (χ3n) is 2.41. The third-order valence-corrected chi connectivity index (χ3v) is 2.41. The maximum absolute atomic E-state index is 11.1. The normalized spacial score (nSPS) is 11.1. The van der Waals surface area contributed by atoms with E-state index >= 15 is 0 Å². The summed E-state index contributed by atoms with van der Waals surface area (Å²) in [4.78, 5) is 15.2. The van der Waals surface area contributed by atoms with Gasteiger partial charge in [0.2, 0.25) is 0 Å². The molecular weight excluding hydrogens is 192 g/mol. The second-order valence-corrected chi connectivity index (χ2v) is 3.76. The van der Waals surface area contributed by atoms with Crippen LogP contribution in [0.3, 0.4) is 0 Å². The molecule has 2 rings (SSSR count). The summed E-state index contributed by atoms with van der Waals surface area (Å²) >= 11 is 0. The summed E-state index contributed by atoms with van der Waals surface area (Å²) < 4.78 is 1.84. The molecule has 0 aromatic carbocycles. The second kappa shape index (κ2) is 3.38. The monoisotopic (exact) mass is 204 g/mol. The fourth-order valence-corrected chi connectivity index (χ4v) is 1.76. The van der Waals surface area contributed by atoms with Crippen molar-refractivity contribution in [3.05, 3.63) is 35.8 Å². The van der Waals surface area contributed by atoms with Crippen molar-refractivity contribution in [3.8, 4) is 0 Å². The SMILES string of the molecule is CC(C)c1c(C(=O)O)ccn2ccnc12. The zero-order chi connectivity index (χ0) is 11.0. The lowest BCUT2D eigenvalue weighted by molar-refractivity contribution is 0.0695. The van der Waals surface area contributed by atoms with Gasteiger partial charge >= 0.3 is 5.97 Å². The topological polar surface area (TPSA) is 54.6 Å². The molecule has 4 heteroatoms. The lowest BCUT2D eigenvalue weighted by atomic mass is 9.99. The van der Waals surface area contributed by atoms with Gasteiger partial charge in [-0.3, -0.25) is 0 Å². The molecular formula is C11H12N2O2. The van der Waals surface area contributed by atoms with E-state index in [2.05, 4.69) is 4.98 Å². The smallest absolute Gasteiger partial charge is 0.336 e. The van der Waals surface area contributed by atoms with Crippen LogP contribution in [0.4, 0.5) is 0 Å². The van der Waals surface area contributed by atoms with Crippen molar-refractivity contribution in [1.82, 2.24) is 9.38 Å². The summed E-state index contributed by atoms with van der Waals surface area (Å²) in [6, 6.07) is 1.62. The number of pyridine rings is 1. The molecule has 0 aliphatic rings. The second-order valence-electron chi connectivity index (χ2n) is 3.76. The van der Waals surface area contributed by atoms with Crippen LogP contribution in [-0.4, -0.2) is 20.5 Å². The van der Waals surface area contributed by atoms with Crippen molar-refractivity contribution in [2.24, 2.45) is 0 Å². The Morgan fingerprint density at radius 3 is 2.80 bits per heavy atom. The van der Waals surface area contributed by atoms with Crippen molar-refractivity contribution in [2.45, 2.75) is 19.8 Å². The Kier molecular flexibility index (Phi) is 2.19. The Balaban J connectivity index is 2.81. The van der Waals surface area contributed by atoms with Crippen LogP contribution in [0.2, 0.25) is 0 Å². The molecule has 0 aliphatic carbocycles. The van der Waals surface area contributed by atoms with Gasteiger partial charge in [0.05, 0.1) is 5.56 Å². The molecule has 0 saturated heterocycles. The molecule has 2 aromatic heterocycles. The number of fused-ring (bicyclic) bond motifs is 1. The maximum atomic E-state index is 11.1. The van der Waals surface area contributed by atoms with Crippen LogP contribution in [0.5, 0.6) is 0 Å². The summed E-state index contributed by atoms with van der Waals surface area (Å²) in [5, 5.41) is 9.07. The molecule has 0 amide bonds. The van der Waals surface area contributed by atoms with E-state index < -0.39 is 5.97 Å². The number of nitrogens with zero attached hydrogens (tertiary/aromatic N) is 2. The number of aromatic carboxylic acids is 1. The highest BCUT2D eigenvalue weighted by Gasteiger charge is 2.16. The lowest BCUT2D eigenvalue weighted by Gasteiger charge is -2.10. The number of imidazole rings is 1. The molecule has 0 fully saturated rings. The fraction of sp³-hybridized carbons (Fsp3) is 0.273. The molecule has 0 spiro atoms. The van der Waals surface area contributed by atoms with Gasteiger partial charge in [-0.1, -0.05) is 13.8 Å². The molecule has 0 bridgehead atoms. The first-order chi connectivity index (χ1) is 7.11. The molecule has 2 heterocycles. The number of carbonyl (C=O) groups is 1. The van der Waals surface area contributed by atoms with Gasteiger partial charge in [0.25, 0.3) is 0 Å². The largest absolute Gasteiger partial charge is 0.478 e. The zero-order valence-corrected chi connectivity index (χ0v) is 8.64. The van der Waals surface area contributed by atoms with E-state index in [0.29, 0.717) is 5.56 Å². The Morgan fingerprint density at radius 2 is 2.20 bits per heavy atom. The summed E-state index contributed by atoms with van der Waals surface area (Å²) in [6.45, 7) is 3.94. The van der Waals surface area contributed by atoms with Gasteiger partial charge in [-0.15, -0.1) is 0 Å². The van der Waals surface area contributed by atoms with Crippen molar-refractivity contribution in [2.75, 3.05) is 0 Å². The Labute approximate surface area is 87.2 Å². The zero-order valence-electron chi connectivity index (χ0n) is 8.64. The van der Waals surface area contributed by atoms with E-state index in [4.69, 9.17) is 5.11 Å². The Morgan fingerprint density at radius 1 is 1.47 bits per heavy atom. The summed E-state index contributed by atoms with van der Waals surface area (Å²) in [6.07, 6.45) is 5.21. The van der Waals surface area contributed by atoms with Crippen molar-refractivity contribution >= 4 is 11.6 Å². The Hall–Kier alpha value is -1.84.